The number of nitrogens with zero attached hydrogens (tertiary/aromatic N) is 4. The predicted octanol–water partition coefficient (Wildman–Crippen LogP) is 1.92. The highest BCUT2D eigenvalue weighted by Crippen LogP contribution is 2.34. The summed E-state index contributed by atoms with van der Waals surface area (Å²) in [5, 5.41) is 17.0. The normalized spacial score (nSPS) is 21.0. The van der Waals surface area contributed by atoms with Crippen LogP contribution >= 0.6 is 0 Å². The van der Waals surface area contributed by atoms with Crippen LogP contribution in [0, 0.1) is 23.4 Å². The average molecular weight is 354 g/mol. The molecule has 0 unspecified atom stereocenters. The maximum absolute atomic E-state index is 13.9. The van der Waals surface area contributed by atoms with E-state index < -0.39 is 23.4 Å². The molecule has 6 nitrogen and oxygen atoms in total. The Hall–Kier alpha value is -2.42. The third-order valence-electron chi connectivity index (χ3n) is 4.46. The van der Waals surface area contributed by atoms with E-state index in [9.17, 15) is 18.0 Å². The van der Waals surface area contributed by atoms with Gasteiger partial charge in [-0.3, -0.25) is 14.4 Å². The summed E-state index contributed by atoms with van der Waals surface area (Å²) in [5.41, 5.74) is 0.703. The van der Waals surface area contributed by atoms with Gasteiger partial charge in [0, 0.05) is 44.4 Å². The fourth-order valence-electron chi connectivity index (χ4n) is 3.32. The lowest BCUT2D eigenvalue weighted by Crippen LogP contribution is -2.22. The van der Waals surface area contributed by atoms with Gasteiger partial charge in [0.1, 0.15) is 0 Å². The molecule has 1 aliphatic rings. The van der Waals surface area contributed by atoms with Crippen molar-refractivity contribution in [1.82, 2.24) is 19.9 Å². The Morgan fingerprint density at radius 2 is 2.04 bits per heavy atom. The summed E-state index contributed by atoms with van der Waals surface area (Å²) < 4.78 is 41.9. The first-order valence-electron chi connectivity index (χ1n) is 7.78. The molecule has 1 saturated heterocycles. The van der Waals surface area contributed by atoms with E-state index in [0.29, 0.717) is 18.8 Å². The first-order valence-corrected chi connectivity index (χ1v) is 7.78. The van der Waals surface area contributed by atoms with Gasteiger partial charge in [-0.15, -0.1) is 5.10 Å². The number of carboxylic acids is 1. The highest BCUT2D eigenvalue weighted by molar-refractivity contribution is 5.67. The van der Waals surface area contributed by atoms with Crippen LogP contribution in [0.2, 0.25) is 0 Å². The molecule has 0 spiro atoms. The number of aromatic nitrogens is 3. The minimum absolute atomic E-state index is 0.0350. The molecule has 0 aliphatic carbocycles. The van der Waals surface area contributed by atoms with Crippen molar-refractivity contribution in [3.8, 4) is 0 Å². The van der Waals surface area contributed by atoms with E-state index in [1.54, 1.807) is 13.2 Å². The number of hydrogen-bond acceptors (Lipinski definition) is 4. The minimum Gasteiger partial charge on any atom is -0.481 e. The Kier molecular flexibility index (Phi) is 4.76. The van der Waals surface area contributed by atoms with Gasteiger partial charge in [0.25, 0.3) is 0 Å². The van der Waals surface area contributed by atoms with Crippen LogP contribution in [0.5, 0.6) is 0 Å². The van der Waals surface area contributed by atoms with Crippen LogP contribution in [0.3, 0.4) is 0 Å². The molecule has 134 valence electrons. The first-order chi connectivity index (χ1) is 11.8. The molecule has 25 heavy (non-hydrogen) atoms. The number of rotatable bonds is 5. The molecule has 2 aromatic rings. The number of benzene rings is 1. The molecule has 9 heteroatoms. The van der Waals surface area contributed by atoms with Crippen LogP contribution < -0.4 is 0 Å². The molecule has 0 amide bonds. The SMILES string of the molecule is Cn1cc([C@@H]2CN(Cc3ccc(F)c(F)c3F)C[C@@H]2CC(=O)O)nn1. The number of carbonyl (C=O) groups is 1. The van der Waals surface area contributed by atoms with Gasteiger partial charge in [0.2, 0.25) is 0 Å². The zero-order chi connectivity index (χ0) is 18.1. The molecular formula is C16H17F3N4O2. The molecule has 1 aromatic heterocycles. The van der Waals surface area contributed by atoms with Gasteiger partial charge >= 0.3 is 5.97 Å². The van der Waals surface area contributed by atoms with Crippen molar-refractivity contribution in [3.63, 3.8) is 0 Å². The number of hydrogen-bond donors (Lipinski definition) is 1. The summed E-state index contributed by atoms with van der Waals surface area (Å²) in [7, 11) is 1.71. The fraction of sp³-hybridized carbons (Fsp3) is 0.438. The van der Waals surface area contributed by atoms with Crippen LogP contribution in [0.1, 0.15) is 23.6 Å². The third kappa shape index (κ3) is 3.65. The first kappa shape index (κ1) is 17.4. The topological polar surface area (TPSA) is 71.2 Å². The number of aliphatic carboxylic acids is 1. The van der Waals surface area contributed by atoms with Crippen molar-refractivity contribution in [3.05, 3.63) is 47.0 Å². The van der Waals surface area contributed by atoms with Crippen molar-refractivity contribution in [2.75, 3.05) is 13.1 Å². The number of aryl methyl sites for hydroxylation is 1. The van der Waals surface area contributed by atoms with Crippen LogP contribution in [-0.4, -0.2) is 44.1 Å². The summed E-state index contributed by atoms with van der Waals surface area (Å²) in [6.07, 6.45) is 1.67. The summed E-state index contributed by atoms with van der Waals surface area (Å²) in [6.45, 7) is 0.900. The molecule has 2 heterocycles. The summed E-state index contributed by atoms with van der Waals surface area (Å²) in [5.74, 6) is -5.26. The quantitative estimate of drug-likeness (QED) is 0.831. The summed E-state index contributed by atoms with van der Waals surface area (Å²) in [6, 6.07) is 2.09. The summed E-state index contributed by atoms with van der Waals surface area (Å²) >= 11 is 0. The Bertz CT molecular complexity index is 796. The molecule has 1 aromatic carbocycles. The largest absolute Gasteiger partial charge is 0.481 e. The van der Waals surface area contributed by atoms with Crippen LogP contribution in [0.15, 0.2) is 18.3 Å². The van der Waals surface area contributed by atoms with E-state index in [2.05, 4.69) is 10.3 Å². The molecular weight excluding hydrogens is 337 g/mol. The van der Waals surface area contributed by atoms with Gasteiger partial charge in [-0.2, -0.15) is 0 Å². The van der Waals surface area contributed by atoms with E-state index in [0.717, 1.165) is 6.07 Å². The fourth-order valence-corrected chi connectivity index (χ4v) is 3.32. The second-order valence-corrected chi connectivity index (χ2v) is 6.31. The van der Waals surface area contributed by atoms with Crippen molar-refractivity contribution < 1.29 is 23.1 Å². The van der Waals surface area contributed by atoms with E-state index >= 15 is 0 Å². The predicted molar refractivity (Wildman–Crippen MR) is 81.1 cm³/mol. The third-order valence-corrected chi connectivity index (χ3v) is 4.46. The van der Waals surface area contributed by atoms with E-state index in [1.807, 2.05) is 4.90 Å². The summed E-state index contributed by atoms with van der Waals surface area (Å²) in [4.78, 5) is 12.9. The van der Waals surface area contributed by atoms with Gasteiger partial charge in [0.05, 0.1) is 12.1 Å². The van der Waals surface area contributed by atoms with Gasteiger partial charge in [-0.25, -0.2) is 13.2 Å². The van der Waals surface area contributed by atoms with E-state index in [-0.39, 0.29) is 30.4 Å². The molecule has 3 rings (SSSR count). The number of carboxylic acid groups (broad SMARTS) is 1. The maximum Gasteiger partial charge on any atom is 0.303 e. The van der Waals surface area contributed by atoms with Gasteiger partial charge in [0.15, 0.2) is 17.5 Å². The van der Waals surface area contributed by atoms with Crippen molar-refractivity contribution in [1.29, 1.82) is 0 Å². The Morgan fingerprint density at radius 1 is 1.28 bits per heavy atom. The van der Waals surface area contributed by atoms with Crippen molar-refractivity contribution in [2.45, 2.75) is 18.9 Å². The Labute approximate surface area is 141 Å². The average Bonchev–Trinajstić information content (AvgIpc) is 3.13. The van der Waals surface area contributed by atoms with Crippen LogP contribution in [0.4, 0.5) is 13.2 Å². The molecule has 0 saturated carbocycles. The van der Waals surface area contributed by atoms with Crippen molar-refractivity contribution >= 4 is 5.97 Å². The standard InChI is InChI=1S/C16H17F3N4O2/c1-22-8-13(20-21-22)11-7-23(6-10(11)4-14(24)25)5-9-2-3-12(17)16(19)15(9)18/h2-3,8,10-11H,4-7H2,1H3,(H,24,25)/t10-,11+/m0/s1. The van der Waals surface area contributed by atoms with Crippen LogP contribution in [-0.2, 0) is 18.4 Å². The van der Waals surface area contributed by atoms with Gasteiger partial charge in [-0.1, -0.05) is 11.3 Å². The second-order valence-electron chi connectivity index (χ2n) is 6.31. The molecule has 0 bridgehead atoms. The zero-order valence-electron chi connectivity index (χ0n) is 13.5. The molecule has 1 aliphatic heterocycles. The number of likely N-dealkylation sites (tertiary alicyclic amines) is 1. The smallest absolute Gasteiger partial charge is 0.303 e. The van der Waals surface area contributed by atoms with Crippen LogP contribution in [0.25, 0.3) is 0 Å². The Morgan fingerprint density at radius 3 is 2.68 bits per heavy atom. The molecule has 1 fully saturated rings. The van der Waals surface area contributed by atoms with Crippen molar-refractivity contribution in [2.24, 2.45) is 13.0 Å². The molecule has 2 atom stereocenters. The zero-order valence-corrected chi connectivity index (χ0v) is 13.5. The monoisotopic (exact) mass is 354 g/mol. The van der Waals surface area contributed by atoms with E-state index in [1.165, 1.54) is 10.7 Å². The lowest BCUT2D eigenvalue weighted by atomic mass is 9.91. The lowest BCUT2D eigenvalue weighted by molar-refractivity contribution is -0.138. The lowest BCUT2D eigenvalue weighted by Gasteiger charge is -2.16. The second kappa shape index (κ2) is 6.83. The van der Waals surface area contributed by atoms with Gasteiger partial charge in [-0.05, 0) is 12.0 Å². The highest BCUT2D eigenvalue weighted by Gasteiger charge is 2.37. The molecule has 0 radical (unpaired) electrons. The Balaban J connectivity index is 1.79. The minimum atomic E-state index is -1.50. The highest BCUT2D eigenvalue weighted by atomic mass is 19.2. The number of halogens is 3. The van der Waals surface area contributed by atoms with Gasteiger partial charge < -0.3 is 5.11 Å². The maximum atomic E-state index is 13.9. The van der Waals surface area contributed by atoms with E-state index in [4.69, 9.17) is 5.11 Å². The molecule has 1 N–H and O–H groups in total.